The number of rotatable bonds is 2. The van der Waals surface area contributed by atoms with Crippen LogP contribution < -0.4 is 0 Å². The molecule has 2 aromatic rings. The Hall–Kier alpha value is -2.07. The molecule has 0 aliphatic carbocycles. The summed E-state index contributed by atoms with van der Waals surface area (Å²) < 4.78 is 4.12. The molecule has 1 N–H and O–H groups in total. The van der Waals surface area contributed by atoms with E-state index in [4.69, 9.17) is 17.0 Å². The van der Waals surface area contributed by atoms with Crippen LogP contribution in [-0.4, -0.2) is 17.0 Å². The largest absolute Gasteiger partial charge is 0.478 e. The predicted molar refractivity (Wildman–Crippen MR) is 62.2 cm³/mol. The highest BCUT2D eigenvalue weighted by Crippen LogP contribution is 2.24. The molecule has 0 radical (unpaired) electrons. The number of carboxylic acid groups (broad SMARTS) is 1. The number of benzene rings is 2. The zero-order valence-electron chi connectivity index (χ0n) is 8.51. The highest BCUT2D eigenvalue weighted by atomic mass is 35.5. The van der Waals surface area contributed by atoms with E-state index in [0.717, 1.165) is 0 Å². The van der Waals surface area contributed by atoms with Gasteiger partial charge in [-0.2, -0.15) is 0 Å². The molecule has 0 bridgehead atoms. The number of hydrogen-bond donors (Lipinski definition) is 1. The van der Waals surface area contributed by atoms with Gasteiger partial charge in [-0.05, 0) is 17.5 Å². The Morgan fingerprint density at radius 2 is 1.65 bits per heavy atom. The fourth-order valence-electron chi connectivity index (χ4n) is 1.73. The lowest BCUT2D eigenvalue weighted by atomic mass is 9.99. The average Bonchev–Trinajstić information content (AvgIpc) is 2.36. The summed E-state index contributed by atoms with van der Waals surface area (Å²) >= 11 is 5.02. The fourth-order valence-corrected chi connectivity index (χ4v) is 1.81. The molecule has 0 spiro atoms. The highest BCUT2D eigenvalue weighted by Gasteiger charge is 2.16. The Balaban J connectivity index is 2.85. The zero-order chi connectivity index (χ0) is 12.4. The molecule has 86 valence electrons. The van der Waals surface area contributed by atoms with Gasteiger partial charge < -0.3 is 9.40 Å². The second-order valence-corrected chi connectivity index (χ2v) is 3.53. The standard InChI is InChI=1S/C12H7ClO4/c13-17-12(16)9-6-2-4-7-3-1-5-8(10(7)9)11(14)15/h1-6H,(H,14,15). The second-order valence-electron chi connectivity index (χ2n) is 3.38. The monoisotopic (exact) mass is 250 g/mol. The quantitative estimate of drug-likeness (QED) is 0.890. The minimum atomic E-state index is -1.11. The van der Waals surface area contributed by atoms with E-state index in [9.17, 15) is 9.59 Å². The maximum absolute atomic E-state index is 11.5. The molecule has 5 heteroatoms. The number of carboxylic acids is 1. The molecule has 0 saturated heterocycles. The van der Waals surface area contributed by atoms with Crippen molar-refractivity contribution in [2.45, 2.75) is 0 Å². The molecule has 0 saturated carbocycles. The number of fused-ring (bicyclic) bond motifs is 1. The van der Waals surface area contributed by atoms with Crippen LogP contribution in [-0.2, 0) is 4.29 Å². The van der Waals surface area contributed by atoms with Crippen LogP contribution in [0.4, 0.5) is 0 Å². The molecule has 0 aliphatic heterocycles. The van der Waals surface area contributed by atoms with E-state index in [1.807, 2.05) is 0 Å². The lowest BCUT2D eigenvalue weighted by molar-refractivity contribution is 0.0699. The van der Waals surface area contributed by atoms with Crippen molar-refractivity contribution in [1.29, 1.82) is 0 Å². The number of hydrogen-bond acceptors (Lipinski definition) is 3. The lowest BCUT2D eigenvalue weighted by Crippen LogP contribution is -2.04. The van der Waals surface area contributed by atoms with Gasteiger partial charge in [0.15, 0.2) is 0 Å². The first-order valence-corrected chi connectivity index (χ1v) is 5.04. The molecule has 0 unspecified atom stereocenters. The Morgan fingerprint density at radius 3 is 2.18 bits per heavy atom. The summed E-state index contributed by atoms with van der Waals surface area (Å²) in [5.41, 5.74) is 0.177. The summed E-state index contributed by atoms with van der Waals surface area (Å²) in [4.78, 5) is 22.5. The molecule has 4 nitrogen and oxygen atoms in total. The SMILES string of the molecule is O=C(O)c1cccc2cccc(C(=O)OCl)c12. The van der Waals surface area contributed by atoms with Gasteiger partial charge in [-0.25, -0.2) is 9.59 Å². The van der Waals surface area contributed by atoms with Crippen LogP contribution in [0.15, 0.2) is 36.4 Å². The van der Waals surface area contributed by atoms with Gasteiger partial charge in [0.05, 0.1) is 11.1 Å². The van der Waals surface area contributed by atoms with E-state index in [1.165, 1.54) is 12.1 Å². The maximum Gasteiger partial charge on any atom is 0.356 e. The minimum Gasteiger partial charge on any atom is -0.478 e. The van der Waals surface area contributed by atoms with Crippen molar-refractivity contribution in [3.8, 4) is 0 Å². The molecule has 0 atom stereocenters. The first-order chi connectivity index (χ1) is 8.15. The van der Waals surface area contributed by atoms with Crippen molar-refractivity contribution in [3.05, 3.63) is 47.5 Å². The second kappa shape index (κ2) is 4.43. The van der Waals surface area contributed by atoms with Crippen LogP contribution in [0, 0.1) is 0 Å². The lowest BCUT2D eigenvalue weighted by Gasteiger charge is -2.06. The van der Waals surface area contributed by atoms with Crippen LogP contribution in [0.25, 0.3) is 10.8 Å². The van der Waals surface area contributed by atoms with E-state index in [2.05, 4.69) is 4.29 Å². The predicted octanol–water partition coefficient (Wildman–Crippen LogP) is 2.85. The number of carbonyl (C=O) groups excluding carboxylic acids is 1. The van der Waals surface area contributed by atoms with Crippen molar-refractivity contribution < 1.29 is 19.0 Å². The molecule has 2 aromatic carbocycles. The van der Waals surface area contributed by atoms with Gasteiger partial charge in [0.25, 0.3) is 0 Å². The first kappa shape index (κ1) is 11.4. The van der Waals surface area contributed by atoms with Crippen LogP contribution in [0.5, 0.6) is 0 Å². The van der Waals surface area contributed by atoms with Gasteiger partial charge >= 0.3 is 11.9 Å². The van der Waals surface area contributed by atoms with E-state index >= 15 is 0 Å². The number of aromatic carboxylic acids is 1. The average molecular weight is 251 g/mol. The molecule has 0 aliphatic rings. The molecule has 0 amide bonds. The molecule has 0 heterocycles. The number of halogens is 1. The Bertz CT molecular complexity index is 601. The van der Waals surface area contributed by atoms with Crippen molar-refractivity contribution in [1.82, 2.24) is 0 Å². The molecular formula is C12H7ClO4. The topological polar surface area (TPSA) is 63.6 Å². The smallest absolute Gasteiger partial charge is 0.356 e. The minimum absolute atomic E-state index is 0.0418. The third-order valence-electron chi connectivity index (χ3n) is 2.43. The summed E-state index contributed by atoms with van der Waals surface area (Å²) in [6, 6.07) is 9.58. The summed E-state index contributed by atoms with van der Waals surface area (Å²) in [7, 11) is 0. The highest BCUT2D eigenvalue weighted by molar-refractivity contribution is 6.20. The Labute approximate surface area is 102 Å². The molecule has 0 fully saturated rings. The van der Waals surface area contributed by atoms with Gasteiger partial charge in [0.1, 0.15) is 11.9 Å². The van der Waals surface area contributed by atoms with Gasteiger partial charge in [-0.15, -0.1) is 0 Å². The van der Waals surface area contributed by atoms with Gasteiger partial charge in [-0.3, -0.25) is 0 Å². The molecule has 2 rings (SSSR count). The molecular weight excluding hydrogens is 244 g/mol. The van der Waals surface area contributed by atoms with E-state index < -0.39 is 11.9 Å². The molecule has 0 aromatic heterocycles. The summed E-state index contributed by atoms with van der Waals surface area (Å²) in [5, 5.41) is 10.0. The Morgan fingerprint density at radius 1 is 1.06 bits per heavy atom. The maximum atomic E-state index is 11.5. The van der Waals surface area contributed by atoms with Crippen molar-refractivity contribution in [3.63, 3.8) is 0 Å². The first-order valence-electron chi connectivity index (χ1n) is 4.73. The van der Waals surface area contributed by atoms with Crippen LogP contribution in [0.3, 0.4) is 0 Å². The number of carbonyl (C=O) groups is 2. The van der Waals surface area contributed by atoms with E-state index in [-0.39, 0.29) is 11.1 Å². The van der Waals surface area contributed by atoms with Crippen molar-refractivity contribution in [2.24, 2.45) is 0 Å². The van der Waals surface area contributed by atoms with Crippen LogP contribution in [0.2, 0.25) is 0 Å². The van der Waals surface area contributed by atoms with Gasteiger partial charge in [0.2, 0.25) is 0 Å². The third kappa shape index (κ3) is 1.94. The normalized spacial score (nSPS) is 10.2. The summed E-state index contributed by atoms with van der Waals surface area (Å²) in [6.07, 6.45) is 0. The molecule has 17 heavy (non-hydrogen) atoms. The Kier molecular flexibility index (Phi) is 2.97. The van der Waals surface area contributed by atoms with Crippen molar-refractivity contribution in [2.75, 3.05) is 0 Å². The summed E-state index contributed by atoms with van der Waals surface area (Å²) in [5.74, 6) is -1.88. The van der Waals surface area contributed by atoms with E-state index in [1.54, 1.807) is 24.3 Å². The third-order valence-corrected chi connectivity index (χ3v) is 2.57. The van der Waals surface area contributed by atoms with Gasteiger partial charge in [-0.1, -0.05) is 24.3 Å². The van der Waals surface area contributed by atoms with Crippen molar-refractivity contribution >= 4 is 34.6 Å². The van der Waals surface area contributed by atoms with Crippen LogP contribution >= 0.6 is 11.9 Å². The van der Waals surface area contributed by atoms with E-state index in [0.29, 0.717) is 10.8 Å². The summed E-state index contributed by atoms with van der Waals surface area (Å²) in [6.45, 7) is 0. The fraction of sp³-hybridized carbons (Fsp3) is 0. The zero-order valence-corrected chi connectivity index (χ0v) is 9.27. The van der Waals surface area contributed by atoms with Crippen LogP contribution in [0.1, 0.15) is 20.7 Å². The van der Waals surface area contributed by atoms with Gasteiger partial charge in [0, 0.05) is 5.39 Å².